The van der Waals surface area contributed by atoms with E-state index in [2.05, 4.69) is 20.3 Å². The number of aromatic nitrogens is 4. The summed E-state index contributed by atoms with van der Waals surface area (Å²) in [4.78, 5) is 27.2. The van der Waals surface area contributed by atoms with Gasteiger partial charge in [0, 0.05) is 38.2 Å². The molecule has 2 aliphatic rings. The number of carbonyl (C=O) groups is 1. The minimum atomic E-state index is 0.0137. The molecule has 2 aromatic rings. The van der Waals surface area contributed by atoms with Crippen molar-refractivity contribution in [1.29, 1.82) is 5.26 Å². The van der Waals surface area contributed by atoms with Gasteiger partial charge in [-0.1, -0.05) is 0 Å². The number of nitriles is 1. The van der Waals surface area contributed by atoms with Crippen molar-refractivity contribution in [3.63, 3.8) is 0 Å². The first-order valence-corrected chi connectivity index (χ1v) is 8.39. The highest BCUT2D eigenvalue weighted by molar-refractivity contribution is 5.81. The number of rotatable bonds is 4. The molecule has 1 saturated heterocycles. The molecular weight excluding hydrogens is 318 g/mol. The van der Waals surface area contributed by atoms with Crippen molar-refractivity contribution in [1.82, 2.24) is 24.4 Å². The number of amides is 1. The lowest BCUT2D eigenvalue weighted by molar-refractivity contribution is -0.131. The summed E-state index contributed by atoms with van der Waals surface area (Å²) in [7, 11) is 1.94. The molecule has 8 nitrogen and oxygen atoms in total. The van der Waals surface area contributed by atoms with Crippen molar-refractivity contribution < 1.29 is 4.79 Å². The maximum Gasteiger partial charge on any atom is 0.225 e. The number of hydrogen-bond donors (Lipinski definition) is 1. The Bertz CT molecular complexity index is 818. The SMILES string of the molecule is Cn1cnc([C@@H]2CN(C(=O)C3CC3)C[C@H]2Nc2cnc(C#N)cn2)c1. The summed E-state index contributed by atoms with van der Waals surface area (Å²) in [6.07, 6.45) is 8.78. The third-order valence-electron chi connectivity index (χ3n) is 4.76. The number of nitrogens with zero attached hydrogens (tertiary/aromatic N) is 6. The molecule has 0 unspecified atom stereocenters. The van der Waals surface area contributed by atoms with Gasteiger partial charge in [0.2, 0.25) is 5.91 Å². The van der Waals surface area contributed by atoms with Gasteiger partial charge in [0.05, 0.1) is 30.5 Å². The van der Waals surface area contributed by atoms with E-state index in [1.54, 1.807) is 12.5 Å². The number of likely N-dealkylation sites (tertiary alicyclic amines) is 1. The maximum atomic E-state index is 12.5. The van der Waals surface area contributed by atoms with Crippen LogP contribution in [-0.2, 0) is 11.8 Å². The van der Waals surface area contributed by atoms with Gasteiger partial charge in [0.25, 0.3) is 0 Å². The number of aryl methyl sites for hydroxylation is 1. The molecule has 0 spiro atoms. The lowest BCUT2D eigenvalue weighted by Crippen LogP contribution is -2.32. The predicted octanol–water partition coefficient (Wildman–Crippen LogP) is 0.898. The molecule has 4 rings (SSSR count). The van der Waals surface area contributed by atoms with Crippen molar-refractivity contribution in [3.8, 4) is 6.07 Å². The van der Waals surface area contributed by atoms with E-state index in [1.165, 1.54) is 6.20 Å². The molecule has 0 aromatic carbocycles. The number of nitrogens with one attached hydrogen (secondary N) is 1. The normalized spacial score (nSPS) is 22.6. The van der Waals surface area contributed by atoms with Crippen LogP contribution >= 0.6 is 0 Å². The average molecular weight is 337 g/mol. The van der Waals surface area contributed by atoms with Gasteiger partial charge >= 0.3 is 0 Å². The molecule has 1 N–H and O–H groups in total. The number of hydrogen-bond acceptors (Lipinski definition) is 6. The summed E-state index contributed by atoms with van der Waals surface area (Å²) in [6.45, 7) is 1.28. The van der Waals surface area contributed by atoms with Crippen molar-refractivity contribution in [3.05, 3.63) is 36.3 Å². The summed E-state index contributed by atoms with van der Waals surface area (Å²) < 4.78 is 1.92. The molecule has 8 heteroatoms. The predicted molar refractivity (Wildman–Crippen MR) is 89.4 cm³/mol. The van der Waals surface area contributed by atoms with Gasteiger partial charge < -0.3 is 14.8 Å². The second kappa shape index (κ2) is 6.16. The molecule has 3 heterocycles. The highest BCUT2D eigenvalue weighted by Crippen LogP contribution is 2.35. The second-order valence-electron chi connectivity index (χ2n) is 6.74. The van der Waals surface area contributed by atoms with Crippen LogP contribution in [0.25, 0.3) is 0 Å². The second-order valence-corrected chi connectivity index (χ2v) is 6.74. The molecule has 0 bridgehead atoms. The molecule has 128 valence electrons. The van der Waals surface area contributed by atoms with Crippen LogP contribution in [-0.4, -0.2) is 49.5 Å². The highest BCUT2D eigenvalue weighted by atomic mass is 16.2. The molecule has 0 radical (unpaired) electrons. The van der Waals surface area contributed by atoms with Gasteiger partial charge in [-0.15, -0.1) is 0 Å². The fourth-order valence-corrected chi connectivity index (χ4v) is 3.29. The van der Waals surface area contributed by atoms with Crippen molar-refractivity contribution >= 4 is 11.7 Å². The van der Waals surface area contributed by atoms with E-state index in [0.717, 1.165) is 18.5 Å². The first kappa shape index (κ1) is 15.6. The molecule has 25 heavy (non-hydrogen) atoms. The van der Waals surface area contributed by atoms with E-state index in [0.29, 0.717) is 18.9 Å². The van der Waals surface area contributed by atoms with Crippen LogP contribution in [0.3, 0.4) is 0 Å². The fourth-order valence-electron chi connectivity index (χ4n) is 3.29. The lowest BCUT2D eigenvalue weighted by Gasteiger charge is -2.18. The molecule has 1 saturated carbocycles. The zero-order valence-electron chi connectivity index (χ0n) is 14.0. The van der Waals surface area contributed by atoms with Crippen molar-refractivity contribution in [2.45, 2.75) is 24.8 Å². The third-order valence-corrected chi connectivity index (χ3v) is 4.76. The molecule has 1 amide bonds. The standard InChI is InChI=1S/C17H19N7O/c1-23-8-14(21-10-23)13-7-24(17(25)11-2-3-11)9-15(13)22-16-6-19-12(4-18)5-20-16/h5-6,8,10-11,13,15H,2-3,7,9H2,1H3,(H,20,22)/t13-,15+/m0/s1. The smallest absolute Gasteiger partial charge is 0.225 e. The van der Waals surface area contributed by atoms with E-state index < -0.39 is 0 Å². The van der Waals surface area contributed by atoms with Crippen LogP contribution in [0.2, 0.25) is 0 Å². The molecule has 2 atom stereocenters. The quantitative estimate of drug-likeness (QED) is 0.890. The van der Waals surface area contributed by atoms with Gasteiger partial charge in [-0.05, 0) is 12.8 Å². The number of anilines is 1. The Balaban J connectivity index is 1.55. The average Bonchev–Trinajstić information content (AvgIpc) is 3.26. The molecule has 2 fully saturated rings. The van der Waals surface area contributed by atoms with Gasteiger partial charge in [-0.25, -0.2) is 15.0 Å². The van der Waals surface area contributed by atoms with Crippen LogP contribution in [0.5, 0.6) is 0 Å². The summed E-state index contributed by atoms with van der Waals surface area (Å²) in [5.41, 5.74) is 1.25. The largest absolute Gasteiger partial charge is 0.364 e. The Morgan fingerprint density at radius 1 is 1.28 bits per heavy atom. The number of carbonyl (C=O) groups excluding carboxylic acids is 1. The summed E-state index contributed by atoms with van der Waals surface area (Å²) in [5.74, 6) is 1.15. The summed E-state index contributed by atoms with van der Waals surface area (Å²) >= 11 is 0. The minimum Gasteiger partial charge on any atom is -0.364 e. The van der Waals surface area contributed by atoms with E-state index in [1.807, 2.05) is 28.8 Å². The third kappa shape index (κ3) is 3.18. The van der Waals surface area contributed by atoms with Crippen LogP contribution in [0.15, 0.2) is 24.9 Å². The Kier molecular flexibility index (Phi) is 3.84. The van der Waals surface area contributed by atoms with E-state index in [-0.39, 0.29) is 29.5 Å². The van der Waals surface area contributed by atoms with Crippen LogP contribution < -0.4 is 5.32 Å². The topological polar surface area (TPSA) is 99.7 Å². The van der Waals surface area contributed by atoms with Gasteiger partial charge in [0.15, 0.2) is 5.69 Å². The van der Waals surface area contributed by atoms with Crippen LogP contribution in [0.4, 0.5) is 5.82 Å². The Labute approximate surface area is 145 Å². The summed E-state index contributed by atoms with van der Waals surface area (Å²) in [5, 5.41) is 12.2. The van der Waals surface area contributed by atoms with Gasteiger partial charge in [0.1, 0.15) is 11.9 Å². The molecule has 1 aliphatic heterocycles. The Hall–Kier alpha value is -2.95. The van der Waals surface area contributed by atoms with E-state index in [9.17, 15) is 4.79 Å². The molecular formula is C17H19N7O. The van der Waals surface area contributed by atoms with Crippen LogP contribution in [0.1, 0.15) is 30.1 Å². The molecule has 1 aliphatic carbocycles. The maximum absolute atomic E-state index is 12.5. The summed E-state index contributed by atoms with van der Waals surface area (Å²) in [6, 6.07) is 1.97. The first-order chi connectivity index (χ1) is 12.1. The monoisotopic (exact) mass is 337 g/mol. The van der Waals surface area contributed by atoms with Gasteiger partial charge in [-0.2, -0.15) is 5.26 Å². The number of imidazole rings is 1. The van der Waals surface area contributed by atoms with Crippen molar-refractivity contribution in [2.24, 2.45) is 13.0 Å². The molecule has 2 aromatic heterocycles. The van der Waals surface area contributed by atoms with Crippen LogP contribution in [0, 0.1) is 17.2 Å². The zero-order valence-corrected chi connectivity index (χ0v) is 14.0. The van der Waals surface area contributed by atoms with E-state index >= 15 is 0 Å². The Morgan fingerprint density at radius 3 is 2.72 bits per heavy atom. The van der Waals surface area contributed by atoms with Crippen molar-refractivity contribution in [2.75, 3.05) is 18.4 Å². The first-order valence-electron chi connectivity index (χ1n) is 8.39. The highest BCUT2D eigenvalue weighted by Gasteiger charge is 2.42. The van der Waals surface area contributed by atoms with Gasteiger partial charge in [-0.3, -0.25) is 4.79 Å². The Morgan fingerprint density at radius 2 is 2.12 bits per heavy atom. The van der Waals surface area contributed by atoms with E-state index in [4.69, 9.17) is 5.26 Å². The zero-order chi connectivity index (χ0) is 17.4. The lowest BCUT2D eigenvalue weighted by atomic mass is 10.0. The minimum absolute atomic E-state index is 0.0137. The fraction of sp³-hybridized carbons (Fsp3) is 0.471.